The Morgan fingerprint density at radius 1 is 1.31 bits per heavy atom. The first-order valence-corrected chi connectivity index (χ1v) is 6.25. The van der Waals surface area contributed by atoms with E-state index in [9.17, 15) is 0 Å². The molecule has 2 rings (SSSR count). The van der Waals surface area contributed by atoms with E-state index in [1.165, 1.54) is 9.75 Å². The van der Waals surface area contributed by atoms with Crippen LogP contribution in [0.5, 0.6) is 0 Å². The minimum atomic E-state index is 0.369. The van der Waals surface area contributed by atoms with Crippen LogP contribution in [0.1, 0.15) is 21.5 Å². The molecule has 0 spiro atoms. The second-order valence-corrected chi connectivity index (χ2v) is 5.13. The van der Waals surface area contributed by atoms with Gasteiger partial charge in [0.05, 0.1) is 0 Å². The molecule has 0 aliphatic heterocycles. The van der Waals surface area contributed by atoms with Gasteiger partial charge in [0, 0.05) is 34.1 Å². The molecule has 1 N–H and O–H groups in total. The zero-order valence-corrected chi connectivity index (χ0v) is 10.4. The Hall–Kier alpha value is -1.19. The van der Waals surface area contributed by atoms with Crippen LogP contribution in [0.2, 0.25) is 0 Å². The SMILES string of the molecule is CNC(Cc1ccccn1)c1ccc(C)s1. The predicted octanol–water partition coefficient (Wildman–Crippen LogP) is 2.95. The number of likely N-dealkylation sites (N-methyl/N-ethyl adjacent to an activating group) is 1. The van der Waals surface area contributed by atoms with Gasteiger partial charge in [-0.25, -0.2) is 0 Å². The van der Waals surface area contributed by atoms with Gasteiger partial charge in [-0.1, -0.05) is 6.07 Å². The van der Waals surface area contributed by atoms with E-state index in [2.05, 4.69) is 35.4 Å². The number of nitrogens with one attached hydrogen (secondary N) is 1. The van der Waals surface area contributed by atoms with Crippen LogP contribution in [0, 0.1) is 6.92 Å². The van der Waals surface area contributed by atoms with Crippen molar-refractivity contribution in [1.29, 1.82) is 0 Å². The summed E-state index contributed by atoms with van der Waals surface area (Å²) in [4.78, 5) is 7.10. The van der Waals surface area contributed by atoms with Crippen LogP contribution in [0.25, 0.3) is 0 Å². The quantitative estimate of drug-likeness (QED) is 0.876. The Balaban J connectivity index is 2.12. The summed E-state index contributed by atoms with van der Waals surface area (Å²) in [5.41, 5.74) is 1.13. The van der Waals surface area contributed by atoms with Crippen LogP contribution >= 0.6 is 11.3 Å². The van der Waals surface area contributed by atoms with Gasteiger partial charge in [-0.2, -0.15) is 0 Å². The largest absolute Gasteiger partial charge is 0.312 e. The highest BCUT2D eigenvalue weighted by molar-refractivity contribution is 7.12. The molecule has 3 heteroatoms. The van der Waals surface area contributed by atoms with Crippen LogP contribution < -0.4 is 5.32 Å². The Kier molecular flexibility index (Phi) is 3.70. The fourth-order valence-electron chi connectivity index (χ4n) is 1.71. The molecule has 0 radical (unpaired) electrons. The second kappa shape index (κ2) is 5.23. The van der Waals surface area contributed by atoms with Gasteiger partial charge in [-0.15, -0.1) is 11.3 Å². The lowest BCUT2D eigenvalue weighted by Crippen LogP contribution is -2.18. The minimum absolute atomic E-state index is 0.369. The molecule has 0 aromatic carbocycles. The fourth-order valence-corrected chi connectivity index (χ4v) is 2.70. The van der Waals surface area contributed by atoms with Crippen LogP contribution in [0.15, 0.2) is 36.5 Å². The van der Waals surface area contributed by atoms with Gasteiger partial charge < -0.3 is 5.32 Å². The molecule has 0 aliphatic carbocycles. The smallest absolute Gasteiger partial charge is 0.0468 e. The molecule has 0 bridgehead atoms. The lowest BCUT2D eigenvalue weighted by Gasteiger charge is -2.13. The van der Waals surface area contributed by atoms with Crippen molar-refractivity contribution in [2.75, 3.05) is 7.05 Å². The third-order valence-electron chi connectivity index (χ3n) is 2.59. The van der Waals surface area contributed by atoms with E-state index in [1.807, 2.05) is 36.7 Å². The van der Waals surface area contributed by atoms with Crippen molar-refractivity contribution in [2.24, 2.45) is 0 Å². The van der Waals surface area contributed by atoms with E-state index < -0.39 is 0 Å². The summed E-state index contributed by atoms with van der Waals surface area (Å²) in [6.07, 6.45) is 2.79. The van der Waals surface area contributed by atoms with Crippen molar-refractivity contribution in [1.82, 2.24) is 10.3 Å². The molecule has 2 aromatic rings. The highest BCUT2D eigenvalue weighted by Gasteiger charge is 2.12. The maximum atomic E-state index is 4.36. The van der Waals surface area contributed by atoms with Gasteiger partial charge in [-0.05, 0) is 38.2 Å². The van der Waals surface area contributed by atoms with Gasteiger partial charge in [0.1, 0.15) is 0 Å². The summed E-state index contributed by atoms with van der Waals surface area (Å²) in [5, 5.41) is 3.35. The molecule has 84 valence electrons. The number of aromatic nitrogens is 1. The van der Waals surface area contributed by atoms with Crippen molar-refractivity contribution >= 4 is 11.3 Å². The minimum Gasteiger partial charge on any atom is -0.312 e. The first kappa shape index (κ1) is 11.3. The molecule has 16 heavy (non-hydrogen) atoms. The van der Waals surface area contributed by atoms with Gasteiger partial charge in [0.2, 0.25) is 0 Å². The number of thiophene rings is 1. The number of hydrogen-bond acceptors (Lipinski definition) is 3. The maximum Gasteiger partial charge on any atom is 0.0468 e. The Morgan fingerprint density at radius 3 is 2.75 bits per heavy atom. The number of aryl methyl sites for hydroxylation is 1. The molecule has 2 heterocycles. The molecule has 1 unspecified atom stereocenters. The standard InChI is InChI=1S/C13H16N2S/c1-10-6-7-13(16-10)12(14-2)9-11-5-3-4-8-15-11/h3-8,12,14H,9H2,1-2H3. The Morgan fingerprint density at radius 2 is 2.19 bits per heavy atom. The van der Waals surface area contributed by atoms with Crippen molar-refractivity contribution in [2.45, 2.75) is 19.4 Å². The average Bonchev–Trinajstić information content (AvgIpc) is 2.74. The molecule has 0 amide bonds. The molecule has 0 aliphatic rings. The highest BCUT2D eigenvalue weighted by atomic mass is 32.1. The molecule has 1 atom stereocenters. The van der Waals surface area contributed by atoms with Gasteiger partial charge in [0.25, 0.3) is 0 Å². The van der Waals surface area contributed by atoms with Gasteiger partial charge in [-0.3, -0.25) is 4.98 Å². The fraction of sp³-hybridized carbons (Fsp3) is 0.308. The molecule has 2 nitrogen and oxygen atoms in total. The predicted molar refractivity (Wildman–Crippen MR) is 68.8 cm³/mol. The molecule has 0 saturated carbocycles. The summed E-state index contributed by atoms with van der Waals surface area (Å²) in [7, 11) is 2.00. The number of nitrogens with zero attached hydrogens (tertiary/aromatic N) is 1. The summed E-state index contributed by atoms with van der Waals surface area (Å²) < 4.78 is 0. The Bertz CT molecular complexity index is 436. The average molecular weight is 232 g/mol. The third kappa shape index (κ3) is 2.68. The summed E-state index contributed by atoms with van der Waals surface area (Å²) in [6.45, 7) is 2.14. The zero-order valence-electron chi connectivity index (χ0n) is 9.60. The van der Waals surface area contributed by atoms with E-state index in [1.54, 1.807) is 0 Å². The van der Waals surface area contributed by atoms with Crippen LogP contribution in [-0.4, -0.2) is 12.0 Å². The van der Waals surface area contributed by atoms with Crippen molar-refractivity contribution in [3.63, 3.8) is 0 Å². The van der Waals surface area contributed by atoms with Crippen LogP contribution in [-0.2, 0) is 6.42 Å². The lowest BCUT2D eigenvalue weighted by atomic mass is 10.1. The van der Waals surface area contributed by atoms with Gasteiger partial charge >= 0.3 is 0 Å². The molecule has 2 aromatic heterocycles. The summed E-state index contributed by atoms with van der Waals surface area (Å²) in [6, 6.07) is 10.8. The first-order chi connectivity index (χ1) is 7.79. The normalized spacial score (nSPS) is 12.6. The van der Waals surface area contributed by atoms with E-state index in [4.69, 9.17) is 0 Å². The zero-order chi connectivity index (χ0) is 11.4. The molecule has 0 saturated heterocycles. The molecular weight excluding hydrogens is 216 g/mol. The molecule has 0 fully saturated rings. The highest BCUT2D eigenvalue weighted by Crippen LogP contribution is 2.24. The summed E-state index contributed by atoms with van der Waals surface area (Å²) >= 11 is 1.85. The van der Waals surface area contributed by atoms with Crippen LogP contribution in [0.3, 0.4) is 0 Å². The van der Waals surface area contributed by atoms with Crippen molar-refractivity contribution in [3.8, 4) is 0 Å². The maximum absolute atomic E-state index is 4.36. The van der Waals surface area contributed by atoms with Crippen molar-refractivity contribution in [3.05, 3.63) is 52.0 Å². The third-order valence-corrected chi connectivity index (χ3v) is 3.71. The number of hydrogen-bond donors (Lipinski definition) is 1. The Labute approximate surface area is 100 Å². The van der Waals surface area contributed by atoms with Crippen molar-refractivity contribution < 1.29 is 0 Å². The second-order valence-electron chi connectivity index (χ2n) is 3.81. The molecular formula is C13H16N2S. The van der Waals surface area contributed by atoms with E-state index in [-0.39, 0.29) is 0 Å². The first-order valence-electron chi connectivity index (χ1n) is 5.43. The number of rotatable bonds is 4. The van der Waals surface area contributed by atoms with E-state index in [0.717, 1.165) is 12.1 Å². The topological polar surface area (TPSA) is 24.9 Å². The number of pyridine rings is 1. The summed E-state index contributed by atoms with van der Waals surface area (Å²) in [5.74, 6) is 0. The van der Waals surface area contributed by atoms with Gasteiger partial charge in [0.15, 0.2) is 0 Å². The lowest BCUT2D eigenvalue weighted by molar-refractivity contribution is 0.594. The monoisotopic (exact) mass is 232 g/mol. The van der Waals surface area contributed by atoms with E-state index in [0.29, 0.717) is 6.04 Å². The van der Waals surface area contributed by atoms with E-state index >= 15 is 0 Å². The van der Waals surface area contributed by atoms with Crippen LogP contribution in [0.4, 0.5) is 0 Å².